The second-order valence-corrected chi connectivity index (χ2v) is 9.65. The van der Waals surface area contributed by atoms with Crippen molar-refractivity contribution in [2.45, 2.75) is 6.42 Å². The molecular weight excluding hydrogens is 496 g/mol. The van der Waals surface area contributed by atoms with Gasteiger partial charge < -0.3 is 10.3 Å². The number of carbonyl (C=O) groups excluding carboxylic acids is 1. The van der Waals surface area contributed by atoms with Crippen molar-refractivity contribution in [3.63, 3.8) is 0 Å². The lowest BCUT2D eigenvalue weighted by Gasteiger charge is -2.08. The Hall–Kier alpha value is -5.56. The van der Waals surface area contributed by atoms with Gasteiger partial charge in [0.05, 0.1) is 23.0 Å². The summed E-state index contributed by atoms with van der Waals surface area (Å²) in [5.41, 5.74) is 9.34. The fourth-order valence-electron chi connectivity index (χ4n) is 5.05. The Morgan fingerprint density at radius 2 is 1.57 bits per heavy atom. The van der Waals surface area contributed by atoms with Crippen molar-refractivity contribution in [1.29, 1.82) is 0 Å². The highest BCUT2D eigenvalue weighted by molar-refractivity contribution is 5.99. The quantitative estimate of drug-likeness (QED) is 0.219. The van der Waals surface area contributed by atoms with Crippen LogP contribution in [0.5, 0.6) is 0 Å². The lowest BCUT2D eigenvalue weighted by molar-refractivity contribution is -0.115. The fraction of sp³-hybridized carbons (Fsp3) is 0.0303. The van der Waals surface area contributed by atoms with E-state index in [1.165, 1.54) is 0 Å². The van der Waals surface area contributed by atoms with Gasteiger partial charge in [-0.15, -0.1) is 0 Å². The number of para-hydroxylation sites is 1. The first kappa shape index (κ1) is 23.5. The third-order valence-electron chi connectivity index (χ3n) is 6.98. The molecule has 0 spiro atoms. The molecule has 0 unspecified atom stereocenters. The van der Waals surface area contributed by atoms with E-state index in [2.05, 4.69) is 43.7 Å². The van der Waals surface area contributed by atoms with E-state index in [1.807, 2.05) is 84.9 Å². The van der Waals surface area contributed by atoms with Crippen molar-refractivity contribution in [2.24, 2.45) is 0 Å². The number of fused-ring (bicyclic) bond motifs is 2. The van der Waals surface area contributed by atoms with Gasteiger partial charge in [0, 0.05) is 29.0 Å². The number of anilines is 1. The van der Waals surface area contributed by atoms with Gasteiger partial charge in [-0.05, 0) is 64.7 Å². The van der Waals surface area contributed by atoms with Crippen LogP contribution in [0.1, 0.15) is 5.56 Å². The second-order valence-electron chi connectivity index (χ2n) is 9.65. The molecule has 3 N–H and O–H groups in total. The minimum Gasteiger partial charge on any atom is -0.337 e. The molecule has 0 saturated heterocycles. The van der Waals surface area contributed by atoms with E-state index >= 15 is 0 Å². The van der Waals surface area contributed by atoms with Crippen LogP contribution in [0.3, 0.4) is 0 Å². The third kappa shape index (κ3) is 4.50. The molecule has 7 rings (SSSR count). The monoisotopic (exact) mass is 520 g/mol. The summed E-state index contributed by atoms with van der Waals surface area (Å²) in [7, 11) is 0. The summed E-state index contributed by atoms with van der Waals surface area (Å²) in [4.78, 5) is 25.2. The molecular formula is C33H24N6O. The largest absolute Gasteiger partial charge is 0.337 e. The lowest BCUT2D eigenvalue weighted by atomic mass is 10.0. The molecule has 7 nitrogen and oxygen atoms in total. The van der Waals surface area contributed by atoms with Crippen molar-refractivity contribution in [1.82, 2.24) is 25.1 Å². The van der Waals surface area contributed by atoms with Crippen molar-refractivity contribution < 1.29 is 4.79 Å². The summed E-state index contributed by atoms with van der Waals surface area (Å²) in [6, 6.07) is 33.9. The van der Waals surface area contributed by atoms with E-state index in [0.29, 0.717) is 12.2 Å². The SMILES string of the molecule is O=C(Cc1ccccc1)Nc1cccc(-c2ccc3[nH]nc(-c4nc5c(-c6ccncc6)cccc5[nH]4)c3c2)c1. The number of hydrogen-bond acceptors (Lipinski definition) is 4. The minimum atomic E-state index is -0.0491. The Kier molecular flexibility index (Phi) is 5.86. The summed E-state index contributed by atoms with van der Waals surface area (Å²) in [6.07, 6.45) is 3.90. The summed E-state index contributed by atoms with van der Waals surface area (Å²) in [6.45, 7) is 0. The van der Waals surface area contributed by atoms with E-state index in [9.17, 15) is 4.79 Å². The van der Waals surface area contributed by atoms with E-state index in [0.717, 1.165) is 61.1 Å². The molecule has 4 aromatic carbocycles. The second kappa shape index (κ2) is 9.96. The van der Waals surface area contributed by atoms with Crippen LogP contribution in [0.4, 0.5) is 5.69 Å². The maximum Gasteiger partial charge on any atom is 0.228 e. The maximum atomic E-state index is 12.6. The molecule has 0 fully saturated rings. The zero-order chi connectivity index (χ0) is 26.9. The Labute approximate surface area is 230 Å². The van der Waals surface area contributed by atoms with Crippen molar-refractivity contribution in [2.75, 3.05) is 5.32 Å². The number of pyridine rings is 1. The number of amides is 1. The molecule has 3 aromatic heterocycles. The molecule has 40 heavy (non-hydrogen) atoms. The molecule has 0 atom stereocenters. The number of rotatable bonds is 6. The van der Waals surface area contributed by atoms with Crippen LogP contribution >= 0.6 is 0 Å². The smallest absolute Gasteiger partial charge is 0.228 e. The molecule has 0 bridgehead atoms. The Morgan fingerprint density at radius 1 is 0.750 bits per heavy atom. The van der Waals surface area contributed by atoms with Crippen molar-refractivity contribution in [3.05, 3.63) is 121 Å². The van der Waals surface area contributed by atoms with Crippen LogP contribution in [-0.4, -0.2) is 31.1 Å². The Morgan fingerprint density at radius 3 is 2.45 bits per heavy atom. The van der Waals surface area contributed by atoms with Crippen LogP contribution in [0.2, 0.25) is 0 Å². The molecule has 192 valence electrons. The van der Waals surface area contributed by atoms with E-state index in [4.69, 9.17) is 4.98 Å². The molecule has 0 aliphatic carbocycles. The summed E-state index contributed by atoms with van der Waals surface area (Å²) < 4.78 is 0. The average Bonchev–Trinajstić information content (AvgIpc) is 3.62. The zero-order valence-electron chi connectivity index (χ0n) is 21.4. The highest BCUT2D eigenvalue weighted by atomic mass is 16.1. The van der Waals surface area contributed by atoms with Crippen LogP contribution < -0.4 is 5.32 Å². The van der Waals surface area contributed by atoms with Gasteiger partial charge in [0.1, 0.15) is 5.69 Å². The van der Waals surface area contributed by atoms with Gasteiger partial charge in [-0.25, -0.2) is 4.98 Å². The van der Waals surface area contributed by atoms with Crippen LogP contribution in [-0.2, 0) is 11.2 Å². The number of aromatic nitrogens is 5. The number of nitrogens with zero attached hydrogens (tertiary/aromatic N) is 3. The maximum absolute atomic E-state index is 12.6. The molecule has 0 aliphatic rings. The average molecular weight is 521 g/mol. The third-order valence-corrected chi connectivity index (χ3v) is 6.98. The van der Waals surface area contributed by atoms with E-state index in [-0.39, 0.29) is 5.91 Å². The molecule has 7 aromatic rings. The molecule has 0 saturated carbocycles. The lowest BCUT2D eigenvalue weighted by Crippen LogP contribution is -2.14. The van der Waals surface area contributed by atoms with Crippen molar-refractivity contribution >= 4 is 33.5 Å². The highest BCUT2D eigenvalue weighted by Gasteiger charge is 2.16. The summed E-state index contributed by atoms with van der Waals surface area (Å²) in [5.74, 6) is 0.647. The first-order valence-corrected chi connectivity index (χ1v) is 13.0. The summed E-state index contributed by atoms with van der Waals surface area (Å²) >= 11 is 0. The standard InChI is InChI=1S/C33H24N6O/c40-30(18-21-6-2-1-3-7-21)35-25-9-4-8-23(19-25)24-12-13-28-27(20-24)32(39-38-28)33-36-29-11-5-10-26(31(29)37-33)22-14-16-34-17-15-22/h1-17,19-20H,18H2,(H,35,40)(H,36,37)(H,38,39). The molecule has 1 amide bonds. The Balaban J connectivity index is 1.21. The molecule has 0 aliphatic heterocycles. The van der Waals surface area contributed by atoms with E-state index in [1.54, 1.807) is 12.4 Å². The number of benzene rings is 4. The number of H-pyrrole nitrogens is 2. The fourth-order valence-corrected chi connectivity index (χ4v) is 5.05. The van der Waals surface area contributed by atoms with Gasteiger partial charge in [-0.2, -0.15) is 5.10 Å². The van der Waals surface area contributed by atoms with Gasteiger partial charge in [0.25, 0.3) is 0 Å². The number of aromatic amines is 2. The first-order chi connectivity index (χ1) is 19.7. The predicted octanol–water partition coefficient (Wildman–Crippen LogP) is 7.02. The summed E-state index contributed by atoms with van der Waals surface area (Å²) in [5, 5.41) is 11.7. The first-order valence-electron chi connectivity index (χ1n) is 13.0. The predicted molar refractivity (Wildman–Crippen MR) is 159 cm³/mol. The Bertz CT molecular complexity index is 1980. The van der Waals surface area contributed by atoms with Crippen LogP contribution in [0, 0.1) is 0 Å². The van der Waals surface area contributed by atoms with Gasteiger partial charge in [-0.3, -0.25) is 14.9 Å². The molecule has 0 radical (unpaired) electrons. The minimum absolute atomic E-state index is 0.0491. The van der Waals surface area contributed by atoms with Crippen LogP contribution in [0.25, 0.3) is 55.7 Å². The highest BCUT2D eigenvalue weighted by Crippen LogP contribution is 2.33. The molecule has 3 heterocycles. The number of carbonyl (C=O) groups is 1. The normalized spacial score (nSPS) is 11.2. The number of hydrogen-bond donors (Lipinski definition) is 3. The number of nitrogens with one attached hydrogen (secondary N) is 3. The number of imidazole rings is 1. The molecule has 7 heteroatoms. The van der Waals surface area contributed by atoms with Gasteiger partial charge in [0.15, 0.2) is 5.82 Å². The van der Waals surface area contributed by atoms with E-state index < -0.39 is 0 Å². The van der Waals surface area contributed by atoms with Gasteiger partial charge >= 0.3 is 0 Å². The van der Waals surface area contributed by atoms with Gasteiger partial charge in [-0.1, -0.05) is 60.7 Å². The zero-order valence-corrected chi connectivity index (χ0v) is 21.4. The van der Waals surface area contributed by atoms with Crippen molar-refractivity contribution in [3.8, 4) is 33.8 Å². The van der Waals surface area contributed by atoms with Gasteiger partial charge in [0.2, 0.25) is 5.91 Å². The topological polar surface area (TPSA) is 99.3 Å². The van der Waals surface area contributed by atoms with Crippen LogP contribution in [0.15, 0.2) is 116 Å².